The predicted octanol–water partition coefficient (Wildman–Crippen LogP) is 2.09. The van der Waals surface area contributed by atoms with Gasteiger partial charge < -0.3 is 15.0 Å². The van der Waals surface area contributed by atoms with E-state index in [9.17, 15) is 9.59 Å². The van der Waals surface area contributed by atoms with Crippen molar-refractivity contribution in [1.29, 1.82) is 0 Å². The van der Waals surface area contributed by atoms with Crippen molar-refractivity contribution >= 4 is 11.8 Å². The average Bonchev–Trinajstić information content (AvgIpc) is 3.34. The Morgan fingerprint density at radius 2 is 1.93 bits per heavy atom. The first kappa shape index (κ1) is 20.6. The summed E-state index contributed by atoms with van der Waals surface area (Å²) in [6.07, 6.45) is 5.97. The van der Waals surface area contributed by atoms with Gasteiger partial charge >= 0.3 is 0 Å². The fourth-order valence-corrected chi connectivity index (χ4v) is 4.43. The number of amides is 2. The molecule has 7 nitrogen and oxygen atoms in total. The van der Waals surface area contributed by atoms with Crippen molar-refractivity contribution in [3.05, 3.63) is 53.9 Å². The second kappa shape index (κ2) is 9.00. The van der Waals surface area contributed by atoms with Gasteiger partial charge in [0, 0.05) is 25.8 Å². The molecule has 2 aliphatic rings. The maximum atomic E-state index is 12.6. The van der Waals surface area contributed by atoms with Crippen LogP contribution >= 0.6 is 0 Å². The number of piperidine rings is 1. The molecule has 0 bridgehead atoms. The Bertz CT molecular complexity index is 872. The Labute approximate surface area is 177 Å². The molecule has 2 fully saturated rings. The van der Waals surface area contributed by atoms with E-state index in [4.69, 9.17) is 4.74 Å². The van der Waals surface area contributed by atoms with Gasteiger partial charge in [-0.05, 0) is 44.2 Å². The molecule has 0 unspecified atom stereocenters. The molecule has 30 heavy (non-hydrogen) atoms. The van der Waals surface area contributed by atoms with E-state index in [1.54, 1.807) is 4.68 Å². The van der Waals surface area contributed by atoms with Crippen molar-refractivity contribution in [3.8, 4) is 0 Å². The Morgan fingerprint density at radius 3 is 2.63 bits per heavy atom. The highest BCUT2D eigenvalue weighted by Gasteiger charge is 2.43. The summed E-state index contributed by atoms with van der Waals surface area (Å²) < 4.78 is 8.01. The molecule has 1 atom stereocenters. The van der Waals surface area contributed by atoms with Crippen LogP contribution in [0.15, 0.2) is 42.6 Å². The van der Waals surface area contributed by atoms with Crippen molar-refractivity contribution in [2.45, 2.75) is 57.3 Å². The van der Waals surface area contributed by atoms with Crippen molar-refractivity contribution in [2.75, 3.05) is 19.6 Å². The molecule has 1 aromatic carbocycles. The number of carbonyl (C=O) groups excluding carboxylic acids is 2. The van der Waals surface area contributed by atoms with Crippen LogP contribution in [0.25, 0.3) is 0 Å². The summed E-state index contributed by atoms with van der Waals surface area (Å²) in [7, 11) is 0. The Hall–Kier alpha value is -2.67. The number of nitrogens with zero attached hydrogens (tertiary/aromatic N) is 3. The fraction of sp³-hybridized carbons (Fsp3) is 0.522. The summed E-state index contributed by atoms with van der Waals surface area (Å²) >= 11 is 0. The number of carbonyl (C=O) groups is 2. The fourth-order valence-electron chi connectivity index (χ4n) is 4.43. The molecule has 7 heteroatoms. The van der Waals surface area contributed by atoms with Gasteiger partial charge in [-0.15, -0.1) is 0 Å². The number of hydrogen-bond donors (Lipinski definition) is 1. The minimum Gasteiger partial charge on any atom is -0.370 e. The predicted molar refractivity (Wildman–Crippen MR) is 113 cm³/mol. The number of ether oxygens (including phenoxy) is 1. The van der Waals surface area contributed by atoms with Gasteiger partial charge in [-0.3, -0.25) is 14.3 Å². The number of rotatable bonds is 6. The van der Waals surface area contributed by atoms with Crippen LogP contribution < -0.4 is 5.32 Å². The number of nitrogens with one attached hydrogen (secondary N) is 1. The number of aryl methyl sites for hydroxylation is 1. The lowest BCUT2D eigenvalue weighted by Gasteiger charge is -2.39. The molecule has 0 saturated carbocycles. The number of aromatic nitrogens is 2. The molecule has 4 rings (SSSR count). The quantitative estimate of drug-likeness (QED) is 0.791. The second-order valence-corrected chi connectivity index (χ2v) is 8.46. The zero-order valence-corrected chi connectivity index (χ0v) is 17.5. The van der Waals surface area contributed by atoms with E-state index in [0.29, 0.717) is 13.0 Å². The summed E-state index contributed by atoms with van der Waals surface area (Å²) in [5.41, 5.74) is 1.82. The third-order valence-electron chi connectivity index (χ3n) is 6.17. The molecule has 2 aromatic rings. The van der Waals surface area contributed by atoms with E-state index in [-0.39, 0.29) is 30.1 Å². The third-order valence-corrected chi connectivity index (χ3v) is 6.17. The van der Waals surface area contributed by atoms with Gasteiger partial charge in [0.05, 0.1) is 23.8 Å². The van der Waals surface area contributed by atoms with Crippen molar-refractivity contribution in [1.82, 2.24) is 20.0 Å². The summed E-state index contributed by atoms with van der Waals surface area (Å²) in [6, 6.07) is 11.8. The maximum Gasteiger partial charge on any atom is 0.241 e. The number of hydrogen-bond acceptors (Lipinski definition) is 4. The van der Waals surface area contributed by atoms with E-state index in [2.05, 4.69) is 10.4 Å². The Morgan fingerprint density at radius 1 is 1.17 bits per heavy atom. The summed E-state index contributed by atoms with van der Waals surface area (Å²) in [5.74, 6) is 0.135. The number of likely N-dealkylation sites (tertiary alicyclic amines) is 1. The highest BCUT2D eigenvalue weighted by atomic mass is 16.5. The molecule has 2 amide bonds. The molecule has 1 spiro atoms. The van der Waals surface area contributed by atoms with Gasteiger partial charge in [0.1, 0.15) is 6.54 Å². The van der Waals surface area contributed by atoms with Gasteiger partial charge in [-0.1, -0.05) is 30.3 Å². The Balaban J connectivity index is 1.20. The highest BCUT2D eigenvalue weighted by molar-refractivity contribution is 5.79. The lowest BCUT2D eigenvalue weighted by atomic mass is 9.88. The third kappa shape index (κ3) is 5.08. The molecule has 1 aromatic heterocycles. The molecule has 0 aliphatic carbocycles. The lowest BCUT2D eigenvalue weighted by molar-refractivity contribution is -0.137. The number of benzene rings is 1. The molecular formula is C23H30N4O3. The smallest absolute Gasteiger partial charge is 0.241 e. The van der Waals surface area contributed by atoms with Crippen LogP contribution in [0.3, 0.4) is 0 Å². The van der Waals surface area contributed by atoms with Crippen LogP contribution in [0.4, 0.5) is 0 Å². The van der Waals surface area contributed by atoms with Crippen LogP contribution in [-0.2, 0) is 27.3 Å². The molecule has 1 N–H and O–H groups in total. The minimum atomic E-state index is -0.141. The topological polar surface area (TPSA) is 76.5 Å². The van der Waals surface area contributed by atoms with Gasteiger partial charge in [-0.25, -0.2) is 0 Å². The van der Waals surface area contributed by atoms with E-state index in [1.165, 1.54) is 0 Å². The SMILES string of the molecule is Cc1ccn(CC(=O)NC[C@H]2CCC3(CCN(C(=O)Cc4ccccc4)CC3)O2)n1. The molecule has 0 radical (unpaired) electrons. The second-order valence-electron chi connectivity index (χ2n) is 8.46. The first-order valence-corrected chi connectivity index (χ1v) is 10.8. The van der Waals surface area contributed by atoms with E-state index in [1.807, 2.05) is 54.4 Å². The van der Waals surface area contributed by atoms with Gasteiger partial charge in [0.2, 0.25) is 11.8 Å². The molecule has 3 heterocycles. The normalized spacial score (nSPS) is 20.4. The van der Waals surface area contributed by atoms with Crippen molar-refractivity contribution in [3.63, 3.8) is 0 Å². The van der Waals surface area contributed by atoms with Gasteiger partial charge in [0.15, 0.2) is 0 Å². The van der Waals surface area contributed by atoms with Crippen molar-refractivity contribution in [2.24, 2.45) is 0 Å². The molecular weight excluding hydrogens is 380 g/mol. The summed E-state index contributed by atoms with van der Waals surface area (Å²) in [6.45, 7) is 4.13. The zero-order valence-electron chi connectivity index (χ0n) is 17.5. The first-order chi connectivity index (χ1) is 14.5. The van der Waals surface area contributed by atoms with Crippen LogP contribution in [0, 0.1) is 6.92 Å². The Kier molecular flexibility index (Phi) is 6.18. The van der Waals surface area contributed by atoms with Gasteiger partial charge in [-0.2, -0.15) is 5.10 Å². The standard InChI is InChI=1S/C23H30N4O3/c1-18-8-12-27(25-18)17-21(28)24-16-20-7-9-23(30-20)10-13-26(14-11-23)22(29)15-19-5-3-2-4-6-19/h2-6,8,12,20H,7,9-11,13-17H2,1H3,(H,24,28)/t20-/m1/s1. The van der Waals surface area contributed by atoms with E-state index >= 15 is 0 Å². The van der Waals surface area contributed by atoms with E-state index in [0.717, 1.165) is 50.0 Å². The van der Waals surface area contributed by atoms with Crippen LogP contribution in [0.5, 0.6) is 0 Å². The minimum absolute atomic E-state index is 0.0416. The monoisotopic (exact) mass is 410 g/mol. The summed E-state index contributed by atoms with van der Waals surface area (Å²) in [4.78, 5) is 26.7. The van der Waals surface area contributed by atoms with Crippen LogP contribution in [0.1, 0.15) is 36.9 Å². The average molecular weight is 411 g/mol. The van der Waals surface area contributed by atoms with Gasteiger partial charge in [0.25, 0.3) is 0 Å². The molecule has 160 valence electrons. The maximum absolute atomic E-state index is 12.6. The lowest BCUT2D eigenvalue weighted by Crippen LogP contribution is -2.47. The van der Waals surface area contributed by atoms with Crippen LogP contribution in [-0.4, -0.2) is 57.8 Å². The molecule has 2 saturated heterocycles. The highest BCUT2D eigenvalue weighted by Crippen LogP contribution is 2.38. The first-order valence-electron chi connectivity index (χ1n) is 10.8. The largest absolute Gasteiger partial charge is 0.370 e. The van der Waals surface area contributed by atoms with E-state index < -0.39 is 0 Å². The summed E-state index contributed by atoms with van der Waals surface area (Å²) in [5, 5.41) is 7.21. The van der Waals surface area contributed by atoms with Crippen molar-refractivity contribution < 1.29 is 14.3 Å². The zero-order chi connectivity index (χ0) is 21.0. The van der Waals surface area contributed by atoms with Crippen LogP contribution in [0.2, 0.25) is 0 Å². The molecule has 2 aliphatic heterocycles.